The molecular formula is C17H27ClN3O3S+. The van der Waals surface area contributed by atoms with Gasteiger partial charge in [0, 0.05) is 23.5 Å². The lowest BCUT2D eigenvalue weighted by Gasteiger charge is -2.23. The highest BCUT2D eigenvalue weighted by atomic mass is 35.5. The predicted molar refractivity (Wildman–Crippen MR) is 98.3 cm³/mol. The van der Waals surface area contributed by atoms with Crippen LogP contribution in [-0.4, -0.2) is 56.9 Å². The van der Waals surface area contributed by atoms with E-state index in [9.17, 15) is 13.2 Å². The lowest BCUT2D eigenvalue weighted by molar-refractivity contribution is -0.889. The van der Waals surface area contributed by atoms with Crippen molar-refractivity contribution in [3.05, 3.63) is 29.3 Å². The normalized spacial score (nSPS) is 20.1. The van der Waals surface area contributed by atoms with Gasteiger partial charge in [0.15, 0.2) is 6.54 Å². The van der Waals surface area contributed by atoms with Crippen molar-refractivity contribution in [2.24, 2.45) is 0 Å². The third-order valence-electron chi connectivity index (χ3n) is 4.01. The summed E-state index contributed by atoms with van der Waals surface area (Å²) >= 11 is 5.92. The Morgan fingerprint density at radius 1 is 1.28 bits per heavy atom. The first-order valence-electron chi connectivity index (χ1n) is 8.48. The predicted octanol–water partition coefficient (Wildman–Crippen LogP) is 0.534. The monoisotopic (exact) mass is 388 g/mol. The number of sulfonamides is 1. The molecule has 1 unspecified atom stereocenters. The lowest BCUT2D eigenvalue weighted by Crippen LogP contribution is -3.13. The fourth-order valence-electron chi connectivity index (χ4n) is 2.91. The van der Waals surface area contributed by atoms with Crippen LogP contribution >= 0.6 is 11.6 Å². The number of benzene rings is 1. The second-order valence-electron chi connectivity index (χ2n) is 7.44. The zero-order chi connectivity index (χ0) is 18.7. The van der Waals surface area contributed by atoms with Crippen LogP contribution in [0.4, 0.5) is 0 Å². The third kappa shape index (κ3) is 5.95. The minimum absolute atomic E-state index is 0.00588. The van der Waals surface area contributed by atoms with Crippen LogP contribution in [0.5, 0.6) is 0 Å². The van der Waals surface area contributed by atoms with Crippen LogP contribution in [-0.2, 0) is 14.8 Å². The number of quaternary nitrogens is 1. The van der Waals surface area contributed by atoms with Gasteiger partial charge >= 0.3 is 0 Å². The first kappa shape index (κ1) is 20.2. The van der Waals surface area contributed by atoms with Crippen molar-refractivity contribution in [2.45, 2.75) is 37.6 Å². The summed E-state index contributed by atoms with van der Waals surface area (Å²) in [5.74, 6) is -0.00588. The first-order chi connectivity index (χ1) is 11.6. The van der Waals surface area contributed by atoms with Gasteiger partial charge in [0.05, 0.1) is 24.5 Å². The molecule has 140 valence electrons. The average Bonchev–Trinajstić information content (AvgIpc) is 2.71. The molecule has 1 fully saturated rings. The fraction of sp³-hybridized carbons (Fsp3) is 0.588. The lowest BCUT2D eigenvalue weighted by atomic mass is 10.1. The molecule has 1 aromatic rings. The second kappa shape index (κ2) is 8.03. The van der Waals surface area contributed by atoms with Crippen molar-refractivity contribution in [1.29, 1.82) is 0 Å². The second-order valence-corrected chi connectivity index (χ2v) is 9.81. The molecule has 6 nitrogen and oxygen atoms in total. The van der Waals surface area contributed by atoms with E-state index in [2.05, 4.69) is 5.32 Å². The molecule has 1 aliphatic rings. The van der Waals surface area contributed by atoms with Crippen molar-refractivity contribution < 1.29 is 18.1 Å². The molecule has 0 bridgehead atoms. The molecule has 2 N–H and O–H groups in total. The van der Waals surface area contributed by atoms with Crippen LogP contribution in [0.3, 0.4) is 0 Å². The summed E-state index contributed by atoms with van der Waals surface area (Å²) in [6.45, 7) is 8.44. The van der Waals surface area contributed by atoms with Gasteiger partial charge in [-0.15, -0.1) is 0 Å². The molecule has 0 saturated carbocycles. The molecule has 8 heteroatoms. The number of carbonyl (C=O) groups excluding carboxylic acids is 1. The van der Waals surface area contributed by atoms with E-state index in [1.54, 1.807) is 18.2 Å². The minimum atomic E-state index is -3.55. The van der Waals surface area contributed by atoms with Crippen LogP contribution in [0.25, 0.3) is 0 Å². The Labute approximate surface area is 155 Å². The maximum Gasteiger partial charge on any atom is 0.275 e. The molecular weight excluding hydrogens is 362 g/mol. The third-order valence-corrected chi connectivity index (χ3v) is 6.14. The molecule has 1 aliphatic heterocycles. The van der Waals surface area contributed by atoms with E-state index in [1.807, 2.05) is 20.8 Å². The van der Waals surface area contributed by atoms with Crippen molar-refractivity contribution >= 4 is 27.5 Å². The van der Waals surface area contributed by atoms with Crippen LogP contribution < -0.4 is 10.2 Å². The standard InChI is InChI=1S/C17H26ClN3O3S/c1-17(2,3)19-16(22)13-20-8-5-9-21(11-10-20)25(23,24)15-7-4-6-14(18)12-15/h4,6-7,12H,5,8-11,13H2,1-3H3,(H,19,22)/p+1. The van der Waals surface area contributed by atoms with Crippen LogP contribution in [0.1, 0.15) is 27.2 Å². The van der Waals surface area contributed by atoms with E-state index in [4.69, 9.17) is 11.6 Å². The van der Waals surface area contributed by atoms with E-state index in [0.29, 0.717) is 31.2 Å². The van der Waals surface area contributed by atoms with Gasteiger partial charge in [-0.1, -0.05) is 17.7 Å². The van der Waals surface area contributed by atoms with Gasteiger partial charge in [-0.3, -0.25) is 4.79 Å². The highest BCUT2D eigenvalue weighted by Crippen LogP contribution is 2.19. The van der Waals surface area contributed by atoms with Gasteiger partial charge in [0.2, 0.25) is 10.0 Å². The Hall–Kier alpha value is -1.15. The number of hydrogen-bond acceptors (Lipinski definition) is 3. The average molecular weight is 389 g/mol. The maximum absolute atomic E-state index is 12.8. The molecule has 0 radical (unpaired) electrons. The summed E-state index contributed by atoms with van der Waals surface area (Å²) in [6, 6.07) is 6.33. The molecule has 0 aliphatic carbocycles. The number of carbonyl (C=O) groups is 1. The van der Waals surface area contributed by atoms with Crippen LogP contribution in [0.15, 0.2) is 29.2 Å². The zero-order valence-electron chi connectivity index (χ0n) is 15.0. The van der Waals surface area contributed by atoms with Crippen molar-refractivity contribution in [1.82, 2.24) is 9.62 Å². The van der Waals surface area contributed by atoms with Crippen LogP contribution in [0, 0.1) is 0 Å². The largest absolute Gasteiger partial charge is 0.347 e. The molecule has 1 heterocycles. The summed E-state index contributed by atoms with van der Waals surface area (Å²) in [5.41, 5.74) is -0.260. The van der Waals surface area contributed by atoms with E-state index >= 15 is 0 Å². The number of amides is 1. The summed E-state index contributed by atoms with van der Waals surface area (Å²) in [6.07, 6.45) is 0.720. The smallest absolute Gasteiger partial charge is 0.275 e. The quantitative estimate of drug-likeness (QED) is 0.790. The van der Waals surface area contributed by atoms with Gasteiger partial charge in [-0.25, -0.2) is 8.42 Å². The Kier molecular flexibility index (Phi) is 6.48. The molecule has 0 spiro atoms. The molecule has 1 atom stereocenters. The summed E-state index contributed by atoms with van der Waals surface area (Å²) in [7, 11) is -3.55. The molecule has 2 rings (SSSR count). The van der Waals surface area contributed by atoms with Crippen molar-refractivity contribution in [3.63, 3.8) is 0 Å². The molecule has 1 amide bonds. The number of rotatable bonds is 4. The Morgan fingerprint density at radius 2 is 2.00 bits per heavy atom. The van der Waals surface area contributed by atoms with Gasteiger partial charge in [-0.2, -0.15) is 4.31 Å². The number of halogens is 1. The fourth-order valence-corrected chi connectivity index (χ4v) is 4.69. The Bertz CT molecular complexity index is 716. The highest BCUT2D eigenvalue weighted by Gasteiger charge is 2.29. The molecule has 1 aromatic carbocycles. The van der Waals surface area contributed by atoms with E-state index in [-0.39, 0.29) is 16.3 Å². The van der Waals surface area contributed by atoms with Crippen LogP contribution in [0.2, 0.25) is 5.02 Å². The molecule has 0 aromatic heterocycles. The van der Waals surface area contributed by atoms with Gasteiger partial charge in [0.1, 0.15) is 0 Å². The van der Waals surface area contributed by atoms with E-state index < -0.39 is 10.0 Å². The zero-order valence-corrected chi connectivity index (χ0v) is 16.6. The number of nitrogens with zero attached hydrogens (tertiary/aromatic N) is 1. The van der Waals surface area contributed by atoms with E-state index in [1.165, 1.54) is 10.4 Å². The Morgan fingerprint density at radius 3 is 2.64 bits per heavy atom. The first-order valence-corrected chi connectivity index (χ1v) is 10.3. The number of hydrogen-bond donors (Lipinski definition) is 2. The summed E-state index contributed by atoms with van der Waals surface area (Å²) < 4.78 is 27.1. The van der Waals surface area contributed by atoms with E-state index in [0.717, 1.165) is 17.9 Å². The molecule has 25 heavy (non-hydrogen) atoms. The maximum atomic E-state index is 12.8. The van der Waals surface area contributed by atoms with Gasteiger partial charge < -0.3 is 10.2 Å². The van der Waals surface area contributed by atoms with Crippen molar-refractivity contribution in [2.75, 3.05) is 32.7 Å². The van der Waals surface area contributed by atoms with Gasteiger partial charge in [-0.05, 0) is 39.0 Å². The summed E-state index contributed by atoms with van der Waals surface area (Å²) in [4.78, 5) is 13.4. The summed E-state index contributed by atoms with van der Waals surface area (Å²) in [5, 5.41) is 3.36. The highest BCUT2D eigenvalue weighted by molar-refractivity contribution is 7.89. The van der Waals surface area contributed by atoms with Gasteiger partial charge in [0.25, 0.3) is 5.91 Å². The topological polar surface area (TPSA) is 70.9 Å². The Balaban J connectivity index is 2.00. The van der Waals surface area contributed by atoms with Crippen molar-refractivity contribution in [3.8, 4) is 0 Å². The molecule has 1 saturated heterocycles. The SMILES string of the molecule is CC(C)(C)NC(=O)C[NH+]1CCCN(S(=O)(=O)c2cccc(Cl)c2)CC1. The minimum Gasteiger partial charge on any atom is -0.347 e. The number of nitrogens with one attached hydrogen (secondary N) is 2.